The van der Waals surface area contributed by atoms with Gasteiger partial charge in [0.1, 0.15) is 5.00 Å². The predicted octanol–water partition coefficient (Wildman–Crippen LogP) is 3.50. The number of carbonyl (C=O) groups excluding carboxylic acids is 2. The van der Waals surface area contributed by atoms with Crippen LogP contribution in [0, 0.1) is 0 Å². The minimum atomic E-state index is -3.66. The molecule has 30 heavy (non-hydrogen) atoms. The second-order valence-electron chi connectivity index (χ2n) is 7.51. The van der Waals surface area contributed by atoms with Crippen molar-refractivity contribution in [3.8, 4) is 0 Å². The highest BCUT2D eigenvalue weighted by atomic mass is 32.2. The van der Waals surface area contributed by atoms with E-state index in [4.69, 9.17) is 4.74 Å². The van der Waals surface area contributed by atoms with E-state index >= 15 is 0 Å². The number of thiophene rings is 1. The van der Waals surface area contributed by atoms with Crippen LogP contribution >= 0.6 is 11.3 Å². The Morgan fingerprint density at radius 2 is 1.97 bits per heavy atom. The summed E-state index contributed by atoms with van der Waals surface area (Å²) in [5.41, 5.74) is 1.61. The van der Waals surface area contributed by atoms with Crippen molar-refractivity contribution >= 4 is 38.2 Å². The van der Waals surface area contributed by atoms with E-state index in [1.165, 1.54) is 23.5 Å². The van der Waals surface area contributed by atoms with Crippen molar-refractivity contribution in [1.82, 2.24) is 4.72 Å². The first-order valence-corrected chi connectivity index (χ1v) is 12.4. The molecule has 160 valence electrons. The molecule has 2 aliphatic carbocycles. The molecule has 1 amide bonds. The fourth-order valence-electron chi connectivity index (χ4n) is 3.54. The number of amides is 1. The predicted molar refractivity (Wildman–Crippen MR) is 115 cm³/mol. The van der Waals surface area contributed by atoms with Gasteiger partial charge in [-0.1, -0.05) is 6.07 Å². The van der Waals surface area contributed by atoms with Crippen LogP contribution in [0.25, 0.3) is 0 Å². The summed E-state index contributed by atoms with van der Waals surface area (Å²) in [4.78, 5) is 26.6. The summed E-state index contributed by atoms with van der Waals surface area (Å²) < 4.78 is 32.8. The zero-order valence-electron chi connectivity index (χ0n) is 16.7. The van der Waals surface area contributed by atoms with E-state index in [2.05, 4.69) is 10.0 Å². The van der Waals surface area contributed by atoms with Crippen LogP contribution in [0.5, 0.6) is 0 Å². The zero-order chi connectivity index (χ0) is 21.3. The average Bonchev–Trinajstić information content (AvgIpc) is 3.45. The molecule has 1 aromatic heterocycles. The highest BCUT2D eigenvalue weighted by Crippen LogP contribution is 2.38. The van der Waals surface area contributed by atoms with E-state index in [-0.39, 0.29) is 23.1 Å². The third-order valence-corrected chi connectivity index (χ3v) is 7.91. The highest BCUT2D eigenvalue weighted by molar-refractivity contribution is 7.89. The lowest BCUT2D eigenvalue weighted by molar-refractivity contribution is 0.0526. The van der Waals surface area contributed by atoms with Crippen LogP contribution in [0.4, 0.5) is 5.00 Å². The second-order valence-corrected chi connectivity index (χ2v) is 10.3. The quantitative estimate of drug-likeness (QED) is 0.632. The van der Waals surface area contributed by atoms with E-state index in [0.717, 1.165) is 49.0 Å². The number of sulfonamides is 1. The van der Waals surface area contributed by atoms with Gasteiger partial charge in [0.15, 0.2) is 0 Å². The van der Waals surface area contributed by atoms with Crippen molar-refractivity contribution in [2.75, 3.05) is 11.9 Å². The summed E-state index contributed by atoms with van der Waals surface area (Å²) in [7, 11) is -3.66. The molecule has 0 radical (unpaired) electrons. The maximum Gasteiger partial charge on any atom is 0.341 e. The number of rotatable bonds is 7. The van der Waals surface area contributed by atoms with E-state index in [9.17, 15) is 18.0 Å². The van der Waals surface area contributed by atoms with Crippen LogP contribution in [-0.2, 0) is 27.6 Å². The summed E-state index contributed by atoms with van der Waals surface area (Å²) in [6, 6.07) is 5.91. The topological polar surface area (TPSA) is 102 Å². The van der Waals surface area contributed by atoms with Crippen molar-refractivity contribution in [2.45, 2.75) is 56.4 Å². The first-order chi connectivity index (χ1) is 14.4. The van der Waals surface area contributed by atoms with E-state index < -0.39 is 21.9 Å². The third-order valence-electron chi connectivity index (χ3n) is 5.18. The Labute approximate surface area is 179 Å². The maximum absolute atomic E-state index is 12.9. The molecule has 1 saturated carbocycles. The van der Waals surface area contributed by atoms with Gasteiger partial charge in [-0.2, -0.15) is 0 Å². The molecule has 0 atom stereocenters. The SMILES string of the molecule is CCOC(=O)c1c(NC(=O)c2cccc(S(=O)(=O)NC3CC3)c2)sc2c1CCCC2. The van der Waals surface area contributed by atoms with Gasteiger partial charge in [-0.05, 0) is 69.2 Å². The van der Waals surface area contributed by atoms with Gasteiger partial charge in [-0.15, -0.1) is 11.3 Å². The number of benzene rings is 1. The fraction of sp³-hybridized carbons (Fsp3) is 0.429. The van der Waals surface area contributed by atoms with Gasteiger partial charge in [-0.3, -0.25) is 4.79 Å². The van der Waals surface area contributed by atoms with Gasteiger partial charge >= 0.3 is 5.97 Å². The standard InChI is InChI=1S/C21H24N2O5S2/c1-2-28-21(25)18-16-8-3-4-9-17(16)29-20(18)22-19(24)13-6-5-7-15(12-13)30(26,27)23-14-10-11-14/h5-7,12,14,23H,2-4,8-11H2,1H3,(H,22,24). The molecule has 0 aliphatic heterocycles. The van der Waals surface area contributed by atoms with Gasteiger partial charge in [0.05, 0.1) is 17.1 Å². The Balaban J connectivity index is 1.60. The van der Waals surface area contributed by atoms with Crippen molar-refractivity contribution in [3.05, 3.63) is 45.8 Å². The molecule has 7 nitrogen and oxygen atoms in total. The number of esters is 1. The molecule has 1 heterocycles. The number of anilines is 1. The normalized spacial score (nSPS) is 16.0. The number of ether oxygens (including phenoxy) is 1. The summed E-state index contributed by atoms with van der Waals surface area (Å²) in [5, 5.41) is 3.29. The van der Waals surface area contributed by atoms with Crippen LogP contribution < -0.4 is 10.0 Å². The number of fused-ring (bicyclic) bond motifs is 1. The molecule has 9 heteroatoms. The minimum absolute atomic E-state index is 0.0166. The van der Waals surface area contributed by atoms with Crippen LogP contribution in [0.2, 0.25) is 0 Å². The van der Waals surface area contributed by atoms with Gasteiger partial charge in [0.25, 0.3) is 5.91 Å². The highest BCUT2D eigenvalue weighted by Gasteiger charge is 2.29. The summed E-state index contributed by atoms with van der Waals surface area (Å²) in [6.45, 7) is 2.00. The largest absolute Gasteiger partial charge is 0.462 e. The van der Waals surface area contributed by atoms with Crippen LogP contribution in [0.1, 0.15) is 63.8 Å². The van der Waals surface area contributed by atoms with E-state index in [1.54, 1.807) is 19.1 Å². The van der Waals surface area contributed by atoms with Gasteiger partial charge in [0, 0.05) is 16.5 Å². The third kappa shape index (κ3) is 4.43. The first-order valence-electron chi connectivity index (χ1n) is 10.1. The molecule has 0 bridgehead atoms. The van der Waals surface area contributed by atoms with Crippen LogP contribution in [-0.4, -0.2) is 32.9 Å². The Hall–Kier alpha value is -2.23. The fourth-order valence-corrected chi connectivity index (χ4v) is 6.16. The number of carbonyl (C=O) groups is 2. The van der Waals surface area contributed by atoms with E-state index in [1.807, 2.05) is 0 Å². The molecule has 0 saturated heterocycles. The molecule has 0 spiro atoms. The first kappa shape index (κ1) is 21.0. The summed E-state index contributed by atoms with van der Waals surface area (Å²) in [6.07, 6.45) is 5.38. The van der Waals surface area contributed by atoms with Crippen LogP contribution in [0.15, 0.2) is 29.2 Å². The Morgan fingerprint density at radius 1 is 1.20 bits per heavy atom. The molecule has 1 fully saturated rings. The Kier molecular flexibility index (Phi) is 5.95. The average molecular weight is 449 g/mol. The van der Waals surface area contributed by atoms with Gasteiger partial charge in [0.2, 0.25) is 10.0 Å². The van der Waals surface area contributed by atoms with Gasteiger partial charge < -0.3 is 10.1 Å². The Bertz CT molecular complexity index is 1090. The van der Waals surface area contributed by atoms with Crippen molar-refractivity contribution in [1.29, 1.82) is 0 Å². The number of aryl methyl sites for hydroxylation is 1. The molecule has 2 aromatic rings. The second kappa shape index (κ2) is 8.49. The van der Waals surface area contributed by atoms with Crippen molar-refractivity contribution in [2.24, 2.45) is 0 Å². The van der Waals surface area contributed by atoms with Gasteiger partial charge in [-0.25, -0.2) is 17.9 Å². The number of hydrogen-bond acceptors (Lipinski definition) is 6. The number of hydrogen-bond donors (Lipinski definition) is 2. The summed E-state index contributed by atoms with van der Waals surface area (Å²) in [5.74, 6) is -0.889. The van der Waals surface area contributed by atoms with Crippen molar-refractivity contribution < 1.29 is 22.7 Å². The molecule has 0 unspecified atom stereocenters. The van der Waals surface area contributed by atoms with Crippen LogP contribution in [0.3, 0.4) is 0 Å². The monoisotopic (exact) mass is 448 g/mol. The maximum atomic E-state index is 12.9. The summed E-state index contributed by atoms with van der Waals surface area (Å²) >= 11 is 1.40. The minimum Gasteiger partial charge on any atom is -0.462 e. The Morgan fingerprint density at radius 3 is 2.70 bits per heavy atom. The molecular formula is C21H24N2O5S2. The lowest BCUT2D eigenvalue weighted by atomic mass is 9.95. The molecule has 2 aliphatic rings. The molecule has 4 rings (SSSR count). The lowest BCUT2D eigenvalue weighted by Gasteiger charge is -2.12. The molecular weight excluding hydrogens is 424 g/mol. The van der Waals surface area contributed by atoms with Crippen molar-refractivity contribution in [3.63, 3.8) is 0 Å². The lowest BCUT2D eigenvalue weighted by Crippen LogP contribution is -2.26. The molecule has 2 N–H and O–H groups in total. The number of nitrogens with one attached hydrogen (secondary N) is 2. The molecule has 1 aromatic carbocycles. The smallest absolute Gasteiger partial charge is 0.341 e. The van der Waals surface area contributed by atoms with E-state index in [0.29, 0.717) is 10.6 Å². The zero-order valence-corrected chi connectivity index (χ0v) is 18.3.